The first-order chi connectivity index (χ1) is 11.7. The molecule has 0 aliphatic rings. The van der Waals surface area contributed by atoms with Gasteiger partial charge in [-0.25, -0.2) is 15.0 Å². The molecular weight excluding hydrogens is 328 g/mol. The van der Waals surface area contributed by atoms with Crippen molar-refractivity contribution in [3.63, 3.8) is 0 Å². The van der Waals surface area contributed by atoms with Crippen molar-refractivity contribution >= 4 is 39.5 Å². The Morgan fingerprint density at radius 2 is 1.83 bits per heavy atom. The highest BCUT2D eigenvalue weighted by atomic mass is 32.1. The number of rotatable bonds is 6. The highest BCUT2D eigenvalue weighted by molar-refractivity contribution is 7.13. The van der Waals surface area contributed by atoms with E-state index in [9.17, 15) is 0 Å². The summed E-state index contributed by atoms with van der Waals surface area (Å²) in [5, 5.41) is 8.77. The molecule has 0 saturated heterocycles. The summed E-state index contributed by atoms with van der Waals surface area (Å²) in [6.45, 7) is 0. The predicted molar refractivity (Wildman–Crippen MR) is 94.7 cm³/mol. The summed E-state index contributed by atoms with van der Waals surface area (Å²) >= 11 is 1.45. The number of thiazole rings is 1. The van der Waals surface area contributed by atoms with Crippen molar-refractivity contribution < 1.29 is 9.47 Å². The van der Waals surface area contributed by atoms with Crippen LogP contribution in [0.15, 0.2) is 36.1 Å². The van der Waals surface area contributed by atoms with Gasteiger partial charge in [-0.1, -0.05) is 0 Å². The van der Waals surface area contributed by atoms with Crippen LogP contribution in [-0.2, 0) is 0 Å². The molecule has 0 aliphatic heterocycles. The van der Waals surface area contributed by atoms with Crippen LogP contribution in [0.3, 0.4) is 0 Å². The van der Waals surface area contributed by atoms with E-state index in [0.29, 0.717) is 39.6 Å². The molecule has 0 aliphatic carbocycles. The number of nitrogen functional groups attached to an aromatic ring is 1. The van der Waals surface area contributed by atoms with Gasteiger partial charge in [-0.2, -0.15) is 0 Å². The quantitative estimate of drug-likeness (QED) is 0.626. The molecule has 0 fully saturated rings. The van der Waals surface area contributed by atoms with Crippen LogP contribution in [0.4, 0.5) is 28.1 Å². The van der Waals surface area contributed by atoms with Crippen LogP contribution in [-0.4, -0.2) is 29.2 Å². The van der Waals surface area contributed by atoms with E-state index in [-0.39, 0.29) is 0 Å². The molecule has 0 unspecified atom stereocenters. The van der Waals surface area contributed by atoms with E-state index in [2.05, 4.69) is 25.6 Å². The molecule has 0 bridgehead atoms. The first-order valence-electron chi connectivity index (χ1n) is 6.97. The fraction of sp³-hybridized carbons (Fsp3) is 0.133. The van der Waals surface area contributed by atoms with Crippen LogP contribution in [0.25, 0.3) is 0 Å². The van der Waals surface area contributed by atoms with E-state index < -0.39 is 0 Å². The first-order valence-corrected chi connectivity index (χ1v) is 7.85. The molecule has 4 N–H and O–H groups in total. The van der Waals surface area contributed by atoms with Crippen molar-refractivity contribution in [2.75, 3.05) is 30.6 Å². The maximum Gasteiger partial charge on any atom is 0.188 e. The Kier molecular flexibility index (Phi) is 4.62. The minimum absolute atomic E-state index is 0.373. The number of methoxy groups -OCH3 is 2. The van der Waals surface area contributed by atoms with Crippen LogP contribution in [0.2, 0.25) is 0 Å². The minimum Gasteiger partial charge on any atom is -0.497 e. The lowest BCUT2D eigenvalue weighted by Crippen LogP contribution is -2.05. The van der Waals surface area contributed by atoms with E-state index in [4.69, 9.17) is 15.2 Å². The first kappa shape index (κ1) is 15.8. The monoisotopic (exact) mass is 344 g/mol. The molecule has 124 valence electrons. The lowest BCUT2D eigenvalue weighted by atomic mass is 10.2. The zero-order valence-electron chi connectivity index (χ0n) is 13.1. The number of benzene rings is 1. The number of ether oxygens (including phenoxy) is 2. The Morgan fingerprint density at radius 1 is 1.04 bits per heavy atom. The zero-order valence-corrected chi connectivity index (χ0v) is 13.9. The van der Waals surface area contributed by atoms with Crippen molar-refractivity contribution in [3.05, 3.63) is 36.1 Å². The summed E-state index contributed by atoms with van der Waals surface area (Å²) in [5.74, 6) is 2.26. The van der Waals surface area contributed by atoms with Crippen molar-refractivity contribution in [2.45, 2.75) is 0 Å². The molecule has 2 aromatic heterocycles. The molecule has 24 heavy (non-hydrogen) atoms. The van der Waals surface area contributed by atoms with Crippen LogP contribution in [0.5, 0.6) is 11.5 Å². The molecule has 0 spiro atoms. The Morgan fingerprint density at radius 3 is 2.50 bits per heavy atom. The second-order valence-electron chi connectivity index (χ2n) is 4.64. The summed E-state index contributed by atoms with van der Waals surface area (Å²) in [6.07, 6.45) is 3.12. The van der Waals surface area contributed by atoms with Crippen LogP contribution in [0.1, 0.15) is 0 Å². The third kappa shape index (κ3) is 3.30. The van der Waals surface area contributed by atoms with Gasteiger partial charge < -0.3 is 25.8 Å². The average Bonchev–Trinajstić information content (AvgIpc) is 3.11. The molecule has 0 amide bonds. The molecule has 1 aromatic carbocycles. The third-order valence-corrected chi connectivity index (χ3v) is 3.89. The molecule has 9 heteroatoms. The van der Waals surface area contributed by atoms with Crippen molar-refractivity contribution in [1.82, 2.24) is 15.0 Å². The van der Waals surface area contributed by atoms with Crippen molar-refractivity contribution in [3.8, 4) is 11.5 Å². The second-order valence-corrected chi connectivity index (χ2v) is 5.53. The zero-order chi connectivity index (χ0) is 16.9. The van der Waals surface area contributed by atoms with Gasteiger partial charge in [0.05, 0.1) is 19.9 Å². The minimum atomic E-state index is 0.373. The van der Waals surface area contributed by atoms with Gasteiger partial charge in [0.2, 0.25) is 0 Å². The molecule has 0 atom stereocenters. The number of hydrogen-bond donors (Lipinski definition) is 3. The Hall–Kier alpha value is -3.07. The van der Waals surface area contributed by atoms with Gasteiger partial charge in [-0.3, -0.25) is 0 Å². The smallest absolute Gasteiger partial charge is 0.188 e. The SMILES string of the molecule is COc1ccc(OC)c(Nc2ncnc(Nc3nccs3)c2N)c1. The van der Waals surface area contributed by atoms with Crippen LogP contribution in [0, 0.1) is 0 Å². The van der Waals surface area contributed by atoms with Gasteiger partial charge in [0, 0.05) is 17.6 Å². The highest BCUT2D eigenvalue weighted by Gasteiger charge is 2.12. The number of nitrogens with two attached hydrogens (primary N) is 1. The largest absolute Gasteiger partial charge is 0.497 e. The molecule has 2 heterocycles. The summed E-state index contributed by atoms with van der Waals surface area (Å²) in [4.78, 5) is 12.5. The van der Waals surface area contributed by atoms with E-state index in [0.717, 1.165) is 0 Å². The lowest BCUT2D eigenvalue weighted by molar-refractivity contribution is 0.405. The van der Waals surface area contributed by atoms with Crippen molar-refractivity contribution in [1.29, 1.82) is 0 Å². The summed E-state index contributed by atoms with van der Waals surface area (Å²) in [6, 6.07) is 5.41. The van der Waals surface area contributed by atoms with Gasteiger partial charge in [-0.15, -0.1) is 11.3 Å². The Labute approximate surface area is 142 Å². The highest BCUT2D eigenvalue weighted by Crippen LogP contribution is 2.34. The molecule has 3 rings (SSSR count). The number of nitrogens with zero attached hydrogens (tertiary/aromatic N) is 3. The number of nitrogens with one attached hydrogen (secondary N) is 2. The molecule has 0 saturated carbocycles. The average molecular weight is 344 g/mol. The van der Waals surface area contributed by atoms with Gasteiger partial charge >= 0.3 is 0 Å². The van der Waals surface area contributed by atoms with Crippen molar-refractivity contribution in [2.24, 2.45) is 0 Å². The van der Waals surface area contributed by atoms with E-state index in [1.54, 1.807) is 32.5 Å². The molecule has 8 nitrogen and oxygen atoms in total. The maximum absolute atomic E-state index is 6.16. The third-order valence-electron chi connectivity index (χ3n) is 3.20. The maximum atomic E-state index is 6.16. The predicted octanol–water partition coefficient (Wildman–Crippen LogP) is 3.02. The fourth-order valence-corrected chi connectivity index (χ4v) is 2.55. The van der Waals surface area contributed by atoms with E-state index >= 15 is 0 Å². The fourth-order valence-electron chi connectivity index (χ4n) is 2.02. The lowest BCUT2D eigenvalue weighted by Gasteiger charge is -2.14. The summed E-state index contributed by atoms with van der Waals surface area (Å²) in [5.41, 5.74) is 7.22. The summed E-state index contributed by atoms with van der Waals surface area (Å²) in [7, 11) is 3.19. The van der Waals surface area contributed by atoms with Gasteiger partial charge in [0.1, 0.15) is 23.5 Å². The summed E-state index contributed by atoms with van der Waals surface area (Å²) < 4.78 is 10.6. The Bertz CT molecular complexity index is 825. The Balaban J connectivity index is 1.90. The van der Waals surface area contributed by atoms with Crippen LogP contribution >= 0.6 is 11.3 Å². The normalized spacial score (nSPS) is 10.2. The number of anilines is 5. The molecule has 0 radical (unpaired) electrons. The van der Waals surface area contributed by atoms with Gasteiger partial charge in [-0.05, 0) is 12.1 Å². The van der Waals surface area contributed by atoms with E-state index in [1.807, 2.05) is 11.4 Å². The second kappa shape index (κ2) is 7.01. The van der Waals surface area contributed by atoms with Crippen LogP contribution < -0.4 is 25.8 Å². The van der Waals surface area contributed by atoms with Gasteiger partial charge in [0.25, 0.3) is 0 Å². The molecule has 3 aromatic rings. The number of aromatic nitrogens is 3. The topological polar surface area (TPSA) is 107 Å². The standard InChI is InChI=1S/C15H16N6O2S/c1-22-9-3-4-11(23-2)10(7-9)20-13-12(16)14(19-8-18-13)21-15-17-5-6-24-15/h3-8H,16H2,1-2H3,(H2,17,18,19,20,21). The van der Waals surface area contributed by atoms with Gasteiger partial charge in [0.15, 0.2) is 16.8 Å². The van der Waals surface area contributed by atoms with E-state index in [1.165, 1.54) is 17.7 Å². The molecular formula is C15H16N6O2S. The number of hydrogen-bond acceptors (Lipinski definition) is 9.